The van der Waals surface area contributed by atoms with Crippen molar-refractivity contribution in [1.29, 1.82) is 0 Å². The van der Waals surface area contributed by atoms with Gasteiger partial charge >= 0.3 is 0 Å². The number of aromatic amines is 1. The van der Waals surface area contributed by atoms with Crippen molar-refractivity contribution < 1.29 is 5.11 Å². The van der Waals surface area contributed by atoms with Gasteiger partial charge in [-0.15, -0.1) is 0 Å². The van der Waals surface area contributed by atoms with Crippen LogP contribution in [0.1, 0.15) is 19.0 Å². The van der Waals surface area contributed by atoms with Crippen LogP contribution in [0.2, 0.25) is 0 Å². The zero-order valence-corrected chi connectivity index (χ0v) is 8.90. The van der Waals surface area contributed by atoms with Gasteiger partial charge in [0.1, 0.15) is 5.69 Å². The van der Waals surface area contributed by atoms with Crippen LogP contribution < -0.4 is 5.56 Å². The van der Waals surface area contributed by atoms with Crippen LogP contribution >= 0.6 is 0 Å². The number of benzene rings is 1. The Labute approximate surface area is 92.3 Å². The lowest BCUT2D eigenvalue weighted by atomic mass is 10.2. The van der Waals surface area contributed by atoms with E-state index in [4.69, 9.17) is 0 Å². The Morgan fingerprint density at radius 3 is 3.00 bits per heavy atom. The number of aliphatic hydroxyl groups excluding tert-OH is 1. The average molecular weight is 216 g/mol. The number of nitrogens with zero attached hydrogens (tertiary/aromatic N) is 1. The van der Waals surface area contributed by atoms with Crippen LogP contribution in [0.15, 0.2) is 34.8 Å². The summed E-state index contributed by atoms with van der Waals surface area (Å²) < 4.78 is 0. The first-order valence-corrected chi connectivity index (χ1v) is 5.09. The Hall–Kier alpha value is -2.10. The quantitative estimate of drug-likeness (QED) is 0.756. The minimum Gasteiger partial charge on any atom is -0.512 e. The van der Waals surface area contributed by atoms with Crippen molar-refractivity contribution in [3.8, 4) is 0 Å². The Morgan fingerprint density at radius 1 is 1.50 bits per heavy atom. The molecular formula is C12H12N2O2. The molecule has 0 aliphatic heterocycles. The summed E-state index contributed by atoms with van der Waals surface area (Å²) in [5, 5.41) is 9.38. The molecule has 0 fully saturated rings. The molecule has 82 valence electrons. The highest BCUT2D eigenvalue weighted by atomic mass is 16.3. The van der Waals surface area contributed by atoms with E-state index in [2.05, 4.69) is 9.97 Å². The number of hydrogen-bond donors (Lipinski definition) is 2. The molecule has 1 aromatic heterocycles. The van der Waals surface area contributed by atoms with Crippen LogP contribution in [-0.2, 0) is 0 Å². The van der Waals surface area contributed by atoms with E-state index in [1.54, 1.807) is 13.0 Å². The van der Waals surface area contributed by atoms with Crippen molar-refractivity contribution in [2.24, 2.45) is 0 Å². The number of H-pyrrole nitrogens is 1. The first kappa shape index (κ1) is 10.4. The van der Waals surface area contributed by atoms with E-state index in [0.717, 1.165) is 0 Å². The second kappa shape index (κ2) is 4.18. The van der Waals surface area contributed by atoms with Gasteiger partial charge in [0.15, 0.2) is 0 Å². The normalized spacial score (nSPS) is 11.9. The van der Waals surface area contributed by atoms with Gasteiger partial charge in [0.05, 0.1) is 16.8 Å². The summed E-state index contributed by atoms with van der Waals surface area (Å²) in [5.41, 5.74) is 1.34. The molecule has 2 aromatic rings. The lowest BCUT2D eigenvalue weighted by Gasteiger charge is -1.99. The van der Waals surface area contributed by atoms with E-state index in [1.165, 1.54) is 6.08 Å². The molecule has 0 radical (unpaired) electrons. The molecule has 4 heteroatoms. The predicted octanol–water partition coefficient (Wildman–Crippen LogP) is 2.23. The molecule has 2 N–H and O–H groups in total. The monoisotopic (exact) mass is 216 g/mol. The number of fused-ring (bicyclic) bond motifs is 1. The highest BCUT2D eigenvalue weighted by molar-refractivity contribution is 5.74. The molecule has 4 nitrogen and oxygen atoms in total. The Kier molecular flexibility index (Phi) is 2.72. The fraction of sp³-hybridized carbons (Fsp3) is 0.167. The number of rotatable bonds is 2. The predicted molar refractivity (Wildman–Crippen MR) is 63.3 cm³/mol. The summed E-state index contributed by atoms with van der Waals surface area (Å²) >= 11 is 0. The SMILES string of the molecule is CC/C(O)=C/c1nc2ccccc2[nH]c1=O. The number of allylic oxidation sites excluding steroid dienone is 1. The summed E-state index contributed by atoms with van der Waals surface area (Å²) in [5.74, 6) is 0.147. The number of aromatic nitrogens is 2. The minimum atomic E-state index is -0.293. The highest BCUT2D eigenvalue weighted by Crippen LogP contribution is 2.08. The van der Waals surface area contributed by atoms with Gasteiger partial charge in [-0.1, -0.05) is 19.1 Å². The second-order valence-electron chi connectivity index (χ2n) is 3.46. The molecule has 0 saturated heterocycles. The third kappa shape index (κ3) is 1.95. The Morgan fingerprint density at radius 2 is 2.25 bits per heavy atom. The summed E-state index contributed by atoms with van der Waals surface area (Å²) in [4.78, 5) is 18.5. The van der Waals surface area contributed by atoms with E-state index < -0.39 is 0 Å². The number of hydrogen-bond acceptors (Lipinski definition) is 3. The molecule has 0 bridgehead atoms. The van der Waals surface area contributed by atoms with E-state index >= 15 is 0 Å². The average Bonchev–Trinajstić information content (AvgIpc) is 2.30. The maximum Gasteiger partial charge on any atom is 0.274 e. The van der Waals surface area contributed by atoms with Crippen molar-refractivity contribution in [3.63, 3.8) is 0 Å². The van der Waals surface area contributed by atoms with Crippen LogP contribution in [0.3, 0.4) is 0 Å². The van der Waals surface area contributed by atoms with Crippen molar-refractivity contribution >= 4 is 17.1 Å². The molecule has 1 aromatic carbocycles. The summed E-state index contributed by atoms with van der Waals surface area (Å²) in [6, 6.07) is 7.28. The summed E-state index contributed by atoms with van der Waals surface area (Å²) in [7, 11) is 0. The summed E-state index contributed by atoms with van der Waals surface area (Å²) in [6.45, 7) is 1.81. The van der Waals surface area contributed by atoms with Crippen molar-refractivity contribution in [2.75, 3.05) is 0 Å². The smallest absolute Gasteiger partial charge is 0.274 e. The standard InChI is InChI=1S/C12H12N2O2/c1-2-8(15)7-11-12(16)14-10-6-4-3-5-9(10)13-11/h3-7,15H,2H2,1H3,(H,14,16)/b8-7-. The van der Waals surface area contributed by atoms with E-state index in [0.29, 0.717) is 17.5 Å². The van der Waals surface area contributed by atoms with E-state index in [-0.39, 0.29) is 17.0 Å². The molecule has 0 aliphatic carbocycles. The first-order valence-electron chi connectivity index (χ1n) is 5.09. The highest BCUT2D eigenvalue weighted by Gasteiger charge is 2.02. The van der Waals surface area contributed by atoms with Gasteiger partial charge in [-0.3, -0.25) is 4.79 Å². The van der Waals surface area contributed by atoms with Crippen LogP contribution in [0, 0.1) is 0 Å². The maximum atomic E-state index is 11.6. The van der Waals surface area contributed by atoms with Gasteiger partial charge in [0.2, 0.25) is 0 Å². The van der Waals surface area contributed by atoms with Gasteiger partial charge < -0.3 is 10.1 Å². The topological polar surface area (TPSA) is 66.0 Å². The van der Waals surface area contributed by atoms with Gasteiger partial charge in [-0.25, -0.2) is 4.98 Å². The lowest BCUT2D eigenvalue weighted by Crippen LogP contribution is -2.12. The number of para-hydroxylation sites is 2. The van der Waals surface area contributed by atoms with E-state index in [9.17, 15) is 9.90 Å². The molecule has 0 unspecified atom stereocenters. The van der Waals surface area contributed by atoms with Gasteiger partial charge in [0.25, 0.3) is 5.56 Å². The van der Waals surface area contributed by atoms with Crippen LogP contribution in [0.25, 0.3) is 17.1 Å². The van der Waals surface area contributed by atoms with Crippen molar-refractivity contribution in [3.05, 3.63) is 46.1 Å². The zero-order valence-electron chi connectivity index (χ0n) is 8.90. The molecule has 1 heterocycles. The fourth-order valence-electron chi connectivity index (χ4n) is 1.40. The van der Waals surface area contributed by atoms with Gasteiger partial charge in [0, 0.05) is 12.5 Å². The van der Waals surface area contributed by atoms with Gasteiger partial charge in [-0.05, 0) is 12.1 Å². The van der Waals surface area contributed by atoms with Crippen molar-refractivity contribution in [1.82, 2.24) is 9.97 Å². The molecule has 0 aliphatic rings. The van der Waals surface area contributed by atoms with Crippen LogP contribution in [0.4, 0.5) is 0 Å². The third-order valence-electron chi connectivity index (χ3n) is 2.29. The largest absolute Gasteiger partial charge is 0.512 e. The maximum absolute atomic E-state index is 11.6. The molecule has 0 amide bonds. The van der Waals surface area contributed by atoms with E-state index in [1.807, 2.05) is 18.2 Å². The lowest BCUT2D eigenvalue weighted by molar-refractivity contribution is 0.400. The zero-order chi connectivity index (χ0) is 11.5. The van der Waals surface area contributed by atoms with Crippen LogP contribution in [0.5, 0.6) is 0 Å². The second-order valence-corrected chi connectivity index (χ2v) is 3.46. The molecule has 2 rings (SSSR count). The number of nitrogens with one attached hydrogen (secondary N) is 1. The van der Waals surface area contributed by atoms with Gasteiger partial charge in [-0.2, -0.15) is 0 Å². The minimum absolute atomic E-state index is 0.147. The molecule has 0 saturated carbocycles. The third-order valence-corrected chi connectivity index (χ3v) is 2.29. The Bertz CT molecular complexity index is 599. The molecular weight excluding hydrogens is 204 g/mol. The molecule has 0 atom stereocenters. The summed E-state index contributed by atoms with van der Waals surface area (Å²) in [6.07, 6.45) is 1.87. The molecule has 16 heavy (non-hydrogen) atoms. The first-order chi connectivity index (χ1) is 7.70. The molecule has 0 spiro atoms. The number of aliphatic hydroxyl groups is 1. The fourth-order valence-corrected chi connectivity index (χ4v) is 1.40. The van der Waals surface area contributed by atoms with Crippen LogP contribution in [-0.4, -0.2) is 15.1 Å². The van der Waals surface area contributed by atoms with Crippen molar-refractivity contribution in [2.45, 2.75) is 13.3 Å². The Balaban J connectivity index is 2.63.